The summed E-state index contributed by atoms with van der Waals surface area (Å²) >= 11 is 13.2. The third-order valence-corrected chi connectivity index (χ3v) is 9.84. The minimum absolute atomic E-state index is 0.00578. The summed E-state index contributed by atoms with van der Waals surface area (Å²) in [5, 5.41) is 13.3. The van der Waals surface area contributed by atoms with Gasteiger partial charge in [-0.3, -0.25) is 9.59 Å². The van der Waals surface area contributed by atoms with Gasteiger partial charge < -0.3 is 19.7 Å². The van der Waals surface area contributed by atoms with E-state index in [-0.39, 0.29) is 44.3 Å². The lowest BCUT2D eigenvalue weighted by molar-refractivity contribution is -0.139. The fourth-order valence-corrected chi connectivity index (χ4v) is 6.74. The number of carbonyl (C=O) groups is 3. The van der Waals surface area contributed by atoms with Crippen LogP contribution in [0.1, 0.15) is 44.3 Å². The number of carboxylic acid groups (broad SMARTS) is 1. The van der Waals surface area contributed by atoms with E-state index in [1.165, 1.54) is 25.1 Å². The highest BCUT2D eigenvalue weighted by Gasteiger charge is 2.30. The number of sulfone groups is 1. The predicted molar refractivity (Wildman–Crippen MR) is 162 cm³/mol. The predicted octanol–water partition coefficient (Wildman–Crippen LogP) is 5.67. The number of nitrogens with zero attached hydrogens (tertiary/aromatic N) is 1. The molecule has 1 aliphatic rings. The first-order chi connectivity index (χ1) is 20.4. The number of aliphatic carboxylic acids is 1. The van der Waals surface area contributed by atoms with Crippen LogP contribution in [-0.4, -0.2) is 48.8 Å². The van der Waals surface area contributed by atoms with Gasteiger partial charge in [0.15, 0.2) is 0 Å². The fraction of sp³-hybridized carbons (Fsp3) is 0.194. The number of furan rings is 1. The maximum Gasteiger partial charge on any atom is 0.326 e. The van der Waals surface area contributed by atoms with Crippen LogP contribution >= 0.6 is 23.2 Å². The summed E-state index contributed by atoms with van der Waals surface area (Å²) in [6, 6.07) is 13.0. The van der Waals surface area contributed by atoms with Crippen LogP contribution in [0.3, 0.4) is 0 Å². The van der Waals surface area contributed by atoms with Gasteiger partial charge in [0.2, 0.25) is 9.84 Å². The highest BCUT2D eigenvalue weighted by molar-refractivity contribution is 7.95. The summed E-state index contributed by atoms with van der Waals surface area (Å²) in [5.74, 6) is -2.31. The molecule has 0 unspecified atom stereocenters. The standard InChI is InChI=1S/C31H26Cl2N2O7S/c1-17(2)43(40,41)22-5-3-4-18(12-22)13-25(31(38)39)34-29(36)27-24(32)14-21-16-35(10-8-23(21)28(27)33)30(37)20-7-6-19-9-11-42-26(19)15-20/h3-7,9,11-12,14-15,25H,1,8,10,13,16H2,2H3,(H,34,36)(H,38,39)/t25-/m0/s1. The van der Waals surface area contributed by atoms with Crippen molar-refractivity contribution in [3.63, 3.8) is 0 Å². The Bertz CT molecular complexity index is 1920. The van der Waals surface area contributed by atoms with Gasteiger partial charge in [0, 0.05) is 35.4 Å². The summed E-state index contributed by atoms with van der Waals surface area (Å²) < 4.78 is 30.4. The molecule has 0 bridgehead atoms. The maximum atomic E-state index is 13.3. The molecule has 0 saturated heterocycles. The van der Waals surface area contributed by atoms with Crippen LogP contribution in [0, 0.1) is 0 Å². The van der Waals surface area contributed by atoms with Crippen molar-refractivity contribution in [2.45, 2.75) is 37.2 Å². The molecule has 9 nitrogen and oxygen atoms in total. The summed E-state index contributed by atoms with van der Waals surface area (Å²) in [6.45, 7) is 5.41. The quantitative estimate of drug-likeness (QED) is 0.253. The van der Waals surface area contributed by atoms with Crippen molar-refractivity contribution < 1.29 is 32.3 Å². The Balaban J connectivity index is 1.34. The number of carboxylic acids is 1. The number of halogens is 2. The number of rotatable bonds is 8. The van der Waals surface area contributed by atoms with Crippen molar-refractivity contribution in [3.8, 4) is 0 Å². The molecule has 1 aliphatic heterocycles. The van der Waals surface area contributed by atoms with E-state index >= 15 is 0 Å². The molecule has 0 aliphatic carbocycles. The molecule has 5 rings (SSSR count). The third kappa shape index (κ3) is 6.04. The number of benzene rings is 3. The number of fused-ring (bicyclic) bond motifs is 2. The average molecular weight is 642 g/mol. The van der Waals surface area contributed by atoms with E-state index in [1.54, 1.807) is 35.4 Å². The number of hydrogen-bond donors (Lipinski definition) is 2. The number of allylic oxidation sites excluding steroid dienone is 1. The Morgan fingerprint density at radius 1 is 1.12 bits per heavy atom. The van der Waals surface area contributed by atoms with Gasteiger partial charge in [0.05, 0.1) is 26.8 Å². The zero-order chi connectivity index (χ0) is 31.1. The van der Waals surface area contributed by atoms with Gasteiger partial charge in [-0.15, -0.1) is 0 Å². The number of amides is 2. The minimum atomic E-state index is -3.77. The van der Waals surface area contributed by atoms with Crippen molar-refractivity contribution in [2.75, 3.05) is 6.54 Å². The maximum absolute atomic E-state index is 13.3. The van der Waals surface area contributed by atoms with Crippen LogP contribution in [0.25, 0.3) is 11.0 Å². The zero-order valence-corrected chi connectivity index (χ0v) is 25.2. The summed E-state index contributed by atoms with van der Waals surface area (Å²) in [4.78, 5) is 40.2. The van der Waals surface area contributed by atoms with E-state index in [4.69, 9.17) is 27.6 Å². The molecule has 0 radical (unpaired) electrons. The Labute approximate surface area is 257 Å². The van der Waals surface area contributed by atoms with Gasteiger partial charge in [0.25, 0.3) is 11.8 Å². The van der Waals surface area contributed by atoms with Crippen LogP contribution in [0.15, 0.2) is 81.7 Å². The Morgan fingerprint density at radius 3 is 2.60 bits per heavy atom. The molecule has 222 valence electrons. The molecule has 1 atom stereocenters. The van der Waals surface area contributed by atoms with Crippen molar-refractivity contribution in [3.05, 3.63) is 110 Å². The molecule has 2 amide bonds. The SMILES string of the molecule is C=C(C)S(=O)(=O)c1cccc(C[C@H](NC(=O)c2c(Cl)cc3c(c2Cl)CCN(C(=O)c2ccc4ccoc4c2)C3)C(=O)O)c1. The van der Waals surface area contributed by atoms with Gasteiger partial charge in [0.1, 0.15) is 11.6 Å². The first kappa shape index (κ1) is 30.3. The smallest absolute Gasteiger partial charge is 0.326 e. The minimum Gasteiger partial charge on any atom is -0.480 e. The molecule has 0 fully saturated rings. The van der Waals surface area contributed by atoms with Crippen LogP contribution in [0.5, 0.6) is 0 Å². The first-order valence-electron chi connectivity index (χ1n) is 13.2. The van der Waals surface area contributed by atoms with Crippen molar-refractivity contribution in [1.29, 1.82) is 0 Å². The second kappa shape index (κ2) is 11.9. The summed E-state index contributed by atoms with van der Waals surface area (Å²) in [7, 11) is -3.77. The number of nitrogens with one attached hydrogen (secondary N) is 1. The van der Waals surface area contributed by atoms with Crippen molar-refractivity contribution in [1.82, 2.24) is 10.2 Å². The lowest BCUT2D eigenvalue weighted by Crippen LogP contribution is -2.42. The van der Waals surface area contributed by atoms with Crippen LogP contribution in [-0.2, 0) is 34.0 Å². The van der Waals surface area contributed by atoms with E-state index in [2.05, 4.69) is 11.9 Å². The van der Waals surface area contributed by atoms with Gasteiger partial charge in [-0.2, -0.15) is 0 Å². The van der Waals surface area contributed by atoms with Gasteiger partial charge >= 0.3 is 5.97 Å². The molecule has 0 spiro atoms. The zero-order valence-electron chi connectivity index (χ0n) is 22.9. The largest absolute Gasteiger partial charge is 0.480 e. The molecule has 4 aromatic rings. The van der Waals surface area contributed by atoms with E-state index in [1.807, 2.05) is 12.1 Å². The second-order valence-corrected chi connectivity index (χ2v) is 13.2. The van der Waals surface area contributed by atoms with Gasteiger partial charge in [-0.25, -0.2) is 13.2 Å². The monoisotopic (exact) mass is 640 g/mol. The number of carbonyl (C=O) groups excluding carboxylic acids is 2. The van der Waals surface area contributed by atoms with E-state index in [0.717, 1.165) is 5.39 Å². The van der Waals surface area contributed by atoms with E-state index < -0.39 is 27.8 Å². The van der Waals surface area contributed by atoms with Crippen molar-refractivity contribution >= 4 is 61.8 Å². The molecule has 2 N–H and O–H groups in total. The lowest BCUT2D eigenvalue weighted by Gasteiger charge is -2.30. The Kier molecular flexibility index (Phi) is 8.38. The molecular formula is C31H26Cl2N2O7S. The molecule has 12 heteroatoms. The molecule has 1 aromatic heterocycles. The molecule has 43 heavy (non-hydrogen) atoms. The fourth-order valence-electron chi connectivity index (χ4n) is 5.01. The van der Waals surface area contributed by atoms with Crippen LogP contribution in [0.2, 0.25) is 10.0 Å². The normalized spacial score (nSPS) is 13.8. The highest BCUT2D eigenvalue weighted by atomic mass is 35.5. The van der Waals surface area contributed by atoms with Gasteiger partial charge in [-0.1, -0.05) is 48.0 Å². The van der Waals surface area contributed by atoms with Crippen molar-refractivity contribution in [2.24, 2.45) is 0 Å². The topological polar surface area (TPSA) is 134 Å². The van der Waals surface area contributed by atoms with Crippen LogP contribution in [0.4, 0.5) is 0 Å². The molecule has 2 heterocycles. The molecular weight excluding hydrogens is 615 g/mol. The Hall–Kier alpha value is -4.12. The van der Waals surface area contributed by atoms with Gasteiger partial charge in [-0.05, 0) is 66.4 Å². The summed E-state index contributed by atoms with van der Waals surface area (Å²) in [6.07, 6.45) is 1.72. The van der Waals surface area contributed by atoms with Crippen LogP contribution < -0.4 is 5.32 Å². The first-order valence-corrected chi connectivity index (χ1v) is 15.4. The molecule has 3 aromatic carbocycles. The second-order valence-electron chi connectivity index (χ2n) is 10.3. The highest BCUT2D eigenvalue weighted by Crippen LogP contribution is 2.35. The van der Waals surface area contributed by atoms with E-state index in [9.17, 15) is 27.9 Å². The summed E-state index contributed by atoms with van der Waals surface area (Å²) in [5.41, 5.74) is 2.71. The lowest BCUT2D eigenvalue weighted by atomic mass is 9.95. The Morgan fingerprint density at radius 2 is 1.88 bits per heavy atom. The molecule has 0 saturated carbocycles. The third-order valence-electron chi connectivity index (χ3n) is 7.33. The average Bonchev–Trinajstić information content (AvgIpc) is 3.44. The van der Waals surface area contributed by atoms with E-state index in [0.29, 0.717) is 40.8 Å². The number of hydrogen-bond acceptors (Lipinski definition) is 6.